The average Bonchev–Trinajstić information content (AvgIpc) is 3.27. The van der Waals surface area contributed by atoms with Gasteiger partial charge in [-0.25, -0.2) is 0 Å². The molecule has 1 aliphatic rings. The fraction of sp³-hybridized carbons (Fsp3) is 0.333. The van der Waals surface area contributed by atoms with E-state index in [9.17, 15) is 19.7 Å². The zero-order valence-electron chi connectivity index (χ0n) is 11.1. The fourth-order valence-corrected chi connectivity index (χ4v) is 1.80. The highest BCUT2D eigenvalue weighted by Gasteiger charge is 2.24. The number of nitrogens with zero attached hydrogens (tertiary/aromatic N) is 1. The van der Waals surface area contributed by atoms with Gasteiger partial charge in [0.05, 0.1) is 17.0 Å². The summed E-state index contributed by atoms with van der Waals surface area (Å²) >= 11 is 0. The van der Waals surface area contributed by atoms with Crippen molar-refractivity contribution in [2.45, 2.75) is 18.9 Å². The van der Waals surface area contributed by atoms with E-state index < -0.39 is 10.8 Å². The van der Waals surface area contributed by atoms with Crippen LogP contribution < -0.4 is 21.9 Å². The first-order valence-corrected chi connectivity index (χ1v) is 6.34. The Morgan fingerprint density at radius 3 is 2.67 bits per heavy atom. The summed E-state index contributed by atoms with van der Waals surface area (Å²) in [6.45, 7) is -0.192. The summed E-state index contributed by atoms with van der Waals surface area (Å²) in [6.07, 6.45) is 1.90. The van der Waals surface area contributed by atoms with Gasteiger partial charge in [-0.15, -0.1) is 0 Å². The van der Waals surface area contributed by atoms with Crippen molar-refractivity contribution in [3.63, 3.8) is 0 Å². The van der Waals surface area contributed by atoms with Crippen LogP contribution in [0.25, 0.3) is 0 Å². The van der Waals surface area contributed by atoms with Crippen molar-refractivity contribution in [2.24, 2.45) is 5.84 Å². The lowest BCUT2D eigenvalue weighted by Crippen LogP contribution is -2.38. The van der Waals surface area contributed by atoms with E-state index >= 15 is 0 Å². The van der Waals surface area contributed by atoms with Crippen LogP contribution in [0.4, 0.5) is 11.4 Å². The number of hydrazine groups is 1. The molecule has 0 saturated heterocycles. The number of carbonyl (C=O) groups excluding carboxylic acids is 2. The third kappa shape index (κ3) is 3.66. The van der Waals surface area contributed by atoms with Gasteiger partial charge in [0, 0.05) is 12.1 Å². The smallest absolute Gasteiger partial charge is 0.294 e. The maximum Gasteiger partial charge on any atom is 0.294 e. The standard InChI is InChI=1S/C12H15N5O4/c13-16-11-8(2-1-3-9(11)17(20)21)12(19)14-6-10(18)15-7-4-5-7/h1-3,7,16H,4-6,13H2,(H,14,19)(H,15,18). The monoisotopic (exact) mass is 293 g/mol. The quantitative estimate of drug-likeness (QED) is 0.328. The molecule has 5 N–H and O–H groups in total. The largest absolute Gasteiger partial charge is 0.352 e. The molecule has 1 saturated carbocycles. The summed E-state index contributed by atoms with van der Waals surface area (Å²) in [5, 5.41) is 16.0. The minimum atomic E-state index is -0.647. The Kier molecular flexibility index (Phi) is 4.33. The van der Waals surface area contributed by atoms with Gasteiger partial charge >= 0.3 is 0 Å². The van der Waals surface area contributed by atoms with Crippen molar-refractivity contribution in [2.75, 3.05) is 12.0 Å². The lowest BCUT2D eigenvalue weighted by Gasteiger charge is -2.10. The predicted octanol–water partition coefficient (Wildman–Crippen LogP) is -0.111. The van der Waals surface area contributed by atoms with Gasteiger partial charge in [0.25, 0.3) is 11.6 Å². The van der Waals surface area contributed by atoms with Gasteiger partial charge in [-0.1, -0.05) is 6.07 Å². The molecular weight excluding hydrogens is 278 g/mol. The molecule has 2 amide bonds. The van der Waals surface area contributed by atoms with Crippen LogP contribution in [0.3, 0.4) is 0 Å². The number of nitrogens with one attached hydrogen (secondary N) is 3. The van der Waals surface area contributed by atoms with Gasteiger partial charge in [0.2, 0.25) is 5.91 Å². The van der Waals surface area contributed by atoms with Crippen LogP contribution in [0.15, 0.2) is 18.2 Å². The number of para-hydroxylation sites is 1. The topological polar surface area (TPSA) is 139 Å². The lowest BCUT2D eigenvalue weighted by molar-refractivity contribution is -0.384. The molecule has 0 unspecified atom stereocenters. The van der Waals surface area contributed by atoms with Crippen LogP contribution in [-0.4, -0.2) is 29.3 Å². The number of rotatable bonds is 6. The Morgan fingerprint density at radius 1 is 1.38 bits per heavy atom. The van der Waals surface area contributed by atoms with Gasteiger partial charge < -0.3 is 16.1 Å². The van der Waals surface area contributed by atoms with Gasteiger partial charge in [-0.3, -0.25) is 25.5 Å². The first kappa shape index (κ1) is 14.7. The van der Waals surface area contributed by atoms with Crippen LogP contribution in [0.2, 0.25) is 0 Å². The summed E-state index contributed by atoms with van der Waals surface area (Å²) in [6, 6.07) is 4.19. The molecule has 1 aromatic rings. The van der Waals surface area contributed by atoms with Gasteiger partial charge in [-0.2, -0.15) is 0 Å². The molecule has 0 heterocycles. The lowest BCUT2D eigenvalue weighted by atomic mass is 10.1. The molecule has 9 nitrogen and oxygen atoms in total. The molecular formula is C12H15N5O4. The van der Waals surface area contributed by atoms with Crippen molar-refractivity contribution in [1.29, 1.82) is 0 Å². The van der Waals surface area contributed by atoms with E-state index in [1.54, 1.807) is 0 Å². The van der Waals surface area contributed by atoms with Crippen LogP contribution in [0.1, 0.15) is 23.2 Å². The summed E-state index contributed by atoms with van der Waals surface area (Å²) in [4.78, 5) is 33.7. The highest BCUT2D eigenvalue weighted by Crippen LogP contribution is 2.27. The SMILES string of the molecule is NNc1c(C(=O)NCC(=O)NC2CC2)cccc1[N+](=O)[O-]. The number of nitrogen functional groups attached to an aromatic ring is 1. The maximum atomic E-state index is 12.0. The molecule has 0 radical (unpaired) electrons. The van der Waals surface area contributed by atoms with Crippen molar-refractivity contribution < 1.29 is 14.5 Å². The number of benzene rings is 1. The number of hydrogen-bond acceptors (Lipinski definition) is 6. The highest BCUT2D eigenvalue weighted by molar-refractivity contribution is 6.02. The summed E-state index contributed by atoms with van der Waals surface area (Å²) < 4.78 is 0. The molecule has 0 atom stereocenters. The minimum absolute atomic E-state index is 0.00548. The van der Waals surface area contributed by atoms with Crippen LogP contribution in [-0.2, 0) is 4.79 Å². The Morgan fingerprint density at radius 2 is 2.10 bits per heavy atom. The zero-order valence-corrected chi connectivity index (χ0v) is 11.1. The number of anilines is 1. The molecule has 21 heavy (non-hydrogen) atoms. The normalized spacial score (nSPS) is 13.4. The molecule has 1 fully saturated rings. The van der Waals surface area contributed by atoms with Crippen molar-refractivity contribution in [1.82, 2.24) is 10.6 Å². The first-order chi connectivity index (χ1) is 10.0. The van der Waals surface area contributed by atoms with E-state index in [-0.39, 0.29) is 35.4 Å². The third-order valence-electron chi connectivity index (χ3n) is 2.98. The second-order valence-corrected chi connectivity index (χ2v) is 4.63. The van der Waals surface area contributed by atoms with E-state index in [0.717, 1.165) is 12.8 Å². The van der Waals surface area contributed by atoms with Gasteiger partial charge in [0.1, 0.15) is 5.69 Å². The molecule has 0 spiro atoms. The van der Waals surface area contributed by atoms with E-state index in [4.69, 9.17) is 5.84 Å². The molecule has 9 heteroatoms. The summed E-state index contributed by atoms with van der Waals surface area (Å²) in [5.74, 6) is 4.34. The second-order valence-electron chi connectivity index (χ2n) is 4.63. The Bertz CT molecular complexity index is 585. The maximum absolute atomic E-state index is 12.0. The number of nitro groups is 1. The molecule has 1 aromatic carbocycles. The van der Waals surface area contributed by atoms with Gasteiger partial charge in [0.15, 0.2) is 0 Å². The minimum Gasteiger partial charge on any atom is -0.352 e. The first-order valence-electron chi connectivity index (χ1n) is 6.34. The predicted molar refractivity (Wildman–Crippen MR) is 74.4 cm³/mol. The molecule has 112 valence electrons. The van der Waals surface area contributed by atoms with Crippen molar-refractivity contribution in [3.8, 4) is 0 Å². The summed E-state index contributed by atoms with van der Waals surface area (Å²) in [5.41, 5.74) is 1.75. The number of nitrogens with two attached hydrogens (primary N) is 1. The zero-order chi connectivity index (χ0) is 15.4. The van der Waals surface area contributed by atoms with Crippen LogP contribution in [0.5, 0.6) is 0 Å². The third-order valence-corrected chi connectivity index (χ3v) is 2.98. The van der Waals surface area contributed by atoms with E-state index in [0.29, 0.717) is 0 Å². The van der Waals surface area contributed by atoms with Gasteiger partial charge in [-0.05, 0) is 18.9 Å². The number of carbonyl (C=O) groups is 2. The number of amides is 2. The second kappa shape index (κ2) is 6.18. The number of nitro benzene ring substituents is 1. The van der Waals surface area contributed by atoms with Crippen molar-refractivity contribution in [3.05, 3.63) is 33.9 Å². The van der Waals surface area contributed by atoms with Crippen LogP contribution >= 0.6 is 0 Å². The Labute approximate surface area is 120 Å². The average molecular weight is 293 g/mol. The highest BCUT2D eigenvalue weighted by atomic mass is 16.6. The molecule has 0 bridgehead atoms. The molecule has 2 rings (SSSR count). The molecule has 0 aromatic heterocycles. The fourth-order valence-electron chi connectivity index (χ4n) is 1.80. The number of hydrogen-bond donors (Lipinski definition) is 4. The van der Waals surface area contributed by atoms with Crippen molar-refractivity contribution >= 4 is 23.2 Å². The summed E-state index contributed by atoms with van der Waals surface area (Å²) in [7, 11) is 0. The van der Waals surface area contributed by atoms with E-state index in [1.165, 1.54) is 18.2 Å². The Hall–Kier alpha value is -2.68. The van der Waals surface area contributed by atoms with E-state index in [2.05, 4.69) is 16.1 Å². The molecule has 1 aliphatic carbocycles. The molecule has 0 aliphatic heterocycles. The van der Waals surface area contributed by atoms with E-state index in [1.807, 2.05) is 0 Å². The van der Waals surface area contributed by atoms with Crippen LogP contribution in [0, 0.1) is 10.1 Å². The Balaban J connectivity index is 2.05.